The third-order valence-electron chi connectivity index (χ3n) is 2.85. The largest absolute Gasteiger partial charge is 0.467 e. The predicted octanol–water partition coefficient (Wildman–Crippen LogP) is 2.46. The van der Waals surface area contributed by atoms with Gasteiger partial charge in [0.15, 0.2) is 0 Å². The average molecular weight is 289 g/mol. The third-order valence-corrected chi connectivity index (χ3v) is 2.85. The fourth-order valence-corrected chi connectivity index (χ4v) is 1.73. The van der Waals surface area contributed by atoms with E-state index >= 15 is 0 Å². The fraction of sp³-hybridized carbons (Fsp3) is 0.200. The van der Waals surface area contributed by atoms with Crippen molar-refractivity contribution in [3.8, 4) is 0 Å². The quantitative estimate of drug-likeness (QED) is 0.852. The van der Waals surface area contributed by atoms with Gasteiger partial charge in [-0.2, -0.15) is 0 Å². The van der Waals surface area contributed by atoms with E-state index in [4.69, 9.17) is 4.42 Å². The minimum atomic E-state index is -0.438. The molecular formula is C15H15NO5. The molecule has 0 aliphatic carbocycles. The molecule has 6 nitrogen and oxygen atoms in total. The van der Waals surface area contributed by atoms with E-state index < -0.39 is 5.97 Å². The van der Waals surface area contributed by atoms with Crippen molar-refractivity contribution in [1.29, 1.82) is 0 Å². The molecule has 1 aromatic carbocycles. The number of carbonyl (C=O) groups is 2. The van der Waals surface area contributed by atoms with Crippen LogP contribution < -0.4 is 5.32 Å². The maximum Gasteiger partial charge on any atom is 0.341 e. The van der Waals surface area contributed by atoms with Gasteiger partial charge in [0.1, 0.15) is 12.0 Å². The first kappa shape index (κ1) is 14.6. The fourth-order valence-electron chi connectivity index (χ4n) is 1.73. The van der Waals surface area contributed by atoms with Gasteiger partial charge in [-0.1, -0.05) is 0 Å². The number of anilines is 1. The molecule has 0 aliphatic rings. The lowest BCUT2D eigenvalue weighted by Gasteiger charge is -2.05. The summed E-state index contributed by atoms with van der Waals surface area (Å²) >= 11 is 0. The van der Waals surface area contributed by atoms with Gasteiger partial charge < -0.3 is 19.2 Å². The lowest BCUT2D eigenvalue weighted by Crippen LogP contribution is -2.02. The highest BCUT2D eigenvalue weighted by Gasteiger charge is 2.10. The van der Waals surface area contributed by atoms with Gasteiger partial charge in [0.25, 0.3) is 0 Å². The number of hydrogen-bond donors (Lipinski definition) is 1. The molecule has 0 atom stereocenters. The van der Waals surface area contributed by atoms with Crippen molar-refractivity contribution in [2.75, 3.05) is 19.5 Å². The molecule has 0 fully saturated rings. The van der Waals surface area contributed by atoms with Gasteiger partial charge in [-0.3, -0.25) is 0 Å². The second-order valence-corrected chi connectivity index (χ2v) is 4.22. The van der Waals surface area contributed by atoms with Crippen molar-refractivity contribution < 1.29 is 23.5 Å². The van der Waals surface area contributed by atoms with E-state index in [0.29, 0.717) is 23.4 Å². The molecule has 0 saturated heterocycles. The molecule has 0 amide bonds. The number of esters is 2. The van der Waals surface area contributed by atoms with Gasteiger partial charge in [0.05, 0.1) is 31.9 Å². The molecule has 0 radical (unpaired) electrons. The SMILES string of the molecule is COC(=O)c1ccc(NCc2cc(C(=O)OC)co2)cc1. The van der Waals surface area contributed by atoms with Gasteiger partial charge in [-0.05, 0) is 30.3 Å². The van der Waals surface area contributed by atoms with E-state index in [1.807, 2.05) is 0 Å². The molecule has 6 heteroatoms. The Labute approximate surface area is 121 Å². The van der Waals surface area contributed by atoms with Gasteiger partial charge in [0, 0.05) is 5.69 Å². The van der Waals surface area contributed by atoms with Gasteiger partial charge in [-0.15, -0.1) is 0 Å². The molecule has 1 aromatic heterocycles. The Hall–Kier alpha value is -2.76. The Bertz CT molecular complexity index is 630. The molecule has 0 unspecified atom stereocenters. The topological polar surface area (TPSA) is 77.8 Å². The zero-order valence-corrected chi connectivity index (χ0v) is 11.7. The first-order valence-electron chi connectivity index (χ1n) is 6.22. The normalized spacial score (nSPS) is 10.0. The van der Waals surface area contributed by atoms with Crippen molar-refractivity contribution in [2.24, 2.45) is 0 Å². The minimum absolute atomic E-state index is 0.371. The first-order valence-corrected chi connectivity index (χ1v) is 6.22. The summed E-state index contributed by atoms with van der Waals surface area (Å²) in [6.07, 6.45) is 1.35. The number of hydrogen-bond acceptors (Lipinski definition) is 6. The lowest BCUT2D eigenvalue weighted by atomic mass is 10.2. The molecule has 21 heavy (non-hydrogen) atoms. The summed E-state index contributed by atoms with van der Waals surface area (Å²) in [5.74, 6) is -0.213. The van der Waals surface area contributed by atoms with Crippen LogP contribution in [0.2, 0.25) is 0 Å². The maximum atomic E-state index is 11.3. The van der Waals surface area contributed by atoms with Crippen LogP contribution in [0.3, 0.4) is 0 Å². The molecule has 1 N–H and O–H groups in total. The van der Waals surface area contributed by atoms with E-state index in [-0.39, 0.29) is 5.97 Å². The second-order valence-electron chi connectivity index (χ2n) is 4.22. The number of ether oxygens (including phenoxy) is 2. The summed E-state index contributed by atoms with van der Waals surface area (Å²) in [5, 5.41) is 3.12. The van der Waals surface area contributed by atoms with Crippen LogP contribution in [0.5, 0.6) is 0 Å². The highest BCUT2D eigenvalue weighted by atomic mass is 16.5. The van der Waals surface area contributed by atoms with Crippen LogP contribution in [-0.2, 0) is 16.0 Å². The zero-order valence-electron chi connectivity index (χ0n) is 11.7. The Kier molecular flexibility index (Phi) is 4.61. The number of methoxy groups -OCH3 is 2. The number of benzene rings is 1. The summed E-state index contributed by atoms with van der Waals surface area (Å²) < 4.78 is 14.5. The van der Waals surface area contributed by atoms with Crippen molar-refractivity contribution in [3.63, 3.8) is 0 Å². The highest BCUT2D eigenvalue weighted by molar-refractivity contribution is 5.90. The minimum Gasteiger partial charge on any atom is -0.467 e. The standard InChI is InChI=1S/C15H15NO5/c1-19-14(17)10-3-5-12(6-4-10)16-8-13-7-11(9-21-13)15(18)20-2/h3-7,9,16H,8H2,1-2H3. The summed E-state index contributed by atoms with van der Waals surface area (Å²) in [4.78, 5) is 22.6. The highest BCUT2D eigenvalue weighted by Crippen LogP contribution is 2.14. The molecule has 0 bridgehead atoms. The van der Waals surface area contributed by atoms with Crippen LogP contribution in [0.15, 0.2) is 41.0 Å². The van der Waals surface area contributed by atoms with E-state index in [2.05, 4.69) is 14.8 Å². The molecule has 0 saturated carbocycles. The second kappa shape index (κ2) is 6.60. The summed E-state index contributed by atoms with van der Waals surface area (Å²) in [6.45, 7) is 0.411. The molecule has 1 heterocycles. The van der Waals surface area contributed by atoms with E-state index in [9.17, 15) is 9.59 Å². The van der Waals surface area contributed by atoms with Crippen LogP contribution in [0.25, 0.3) is 0 Å². The molecule has 2 rings (SSSR count). The number of furan rings is 1. The van der Waals surface area contributed by atoms with Crippen LogP contribution in [0.1, 0.15) is 26.5 Å². The first-order chi connectivity index (χ1) is 10.1. The summed E-state index contributed by atoms with van der Waals surface area (Å²) in [7, 11) is 2.65. The number of rotatable bonds is 5. The van der Waals surface area contributed by atoms with E-state index in [1.54, 1.807) is 30.3 Å². The number of nitrogens with one attached hydrogen (secondary N) is 1. The van der Waals surface area contributed by atoms with Gasteiger partial charge in [0.2, 0.25) is 0 Å². The Balaban J connectivity index is 1.95. The smallest absolute Gasteiger partial charge is 0.341 e. The van der Waals surface area contributed by atoms with Gasteiger partial charge in [-0.25, -0.2) is 9.59 Å². The molecular weight excluding hydrogens is 274 g/mol. The number of carbonyl (C=O) groups excluding carboxylic acids is 2. The molecule has 0 aliphatic heterocycles. The maximum absolute atomic E-state index is 11.3. The summed E-state index contributed by atoms with van der Waals surface area (Å²) in [5.41, 5.74) is 1.67. The van der Waals surface area contributed by atoms with Crippen molar-refractivity contribution >= 4 is 17.6 Å². The third kappa shape index (κ3) is 3.62. The van der Waals surface area contributed by atoms with E-state index in [0.717, 1.165) is 5.69 Å². The van der Waals surface area contributed by atoms with Crippen LogP contribution in [0, 0.1) is 0 Å². The van der Waals surface area contributed by atoms with Crippen LogP contribution in [-0.4, -0.2) is 26.2 Å². The van der Waals surface area contributed by atoms with Crippen LogP contribution in [0.4, 0.5) is 5.69 Å². The molecule has 0 spiro atoms. The van der Waals surface area contributed by atoms with Gasteiger partial charge >= 0.3 is 11.9 Å². The van der Waals surface area contributed by atoms with Crippen LogP contribution >= 0.6 is 0 Å². The molecule has 2 aromatic rings. The molecule has 110 valence electrons. The van der Waals surface area contributed by atoms with Crippen molar-refractivity contribution in [3.05, 3.63) is 53.5 Å². The van der Waals surface area contributed by atoms with Crippen molar-refractivity contribution in [1.82, 2.24) is 0 Å². The predicted molar refractivity (Wildman–Crippen MR) is 75.2 cm³/mol. The Morgan fingerprint density at radius 2 is 1.67 bits per heavy atom. The Morgan fingerprint density at radius 1 is 1.05 bits per heavy atom. The Morgan fingerprint density at radius 3 is 2.29 bits per heavy atom. The van der Waals surface area contributed by atoms with E-state index in [1.165, 1.54) is 20.5 Å². The van der Waals surface area contributed by atoms with Crippen molar-refractivity contribution in [2.45, 2.75) is 6.54 Å². The monoisotopic (exact) mass is 289 g/mol. The summed E-state index contributed by atoms with van der Waals surface area (Å²) in [6, 6.07) is 8.46. The average Bonchev–Trinajstić information content (AvgIpc) is 3.01. The lowest BCUT2D eigenvalue weighted by molar-refractivity contribution is 0.0591. The zero-order chi connectivity index (χ0) is 15.2.